The molecule has 0 spiro atoms. The number of amides is 3. The van der Waals surface area contributed by atoms with Crippen LogP contribution in [-0.2, 0) is 4.79 Å². The molecule has 0 aromatic heterocycles. The third kappa shape index (κ3) is 5.36. The summed E-state index contributed by atoms with van der Waals surface area (Å²) in [6, 6.07) is 22.0. The van der Waals surface area contributed by atoms with Crippen molar-refractivity contribution in [3.05, 3.63) is 83.9 Å². The van der Waals surface area contributed by atoms with Gasteiger partial charge in [0.05, 0.1) is 0 Å². The van der Waals surface area contributed by atoms with Crippen molar-refractivity contribution in [2.75, 3.05) is 10.6 Å². The molecule has 1 fully saturated rings. The molecular formula is C25H23N3O3. The summed E-state index contributed by atoms with van der Waals surface area (Å²) >= 11 is 0. The van der Waals surface area contributed by atoms with Gasteiger partial charge in [-0.2, -0.15) is 0 Å². The molecule has 0 aliphatic heterocycles. The molecule has 0 bridgehead atoms. The third-order valence-electron chi connectivity index (χ3n) is 4.98. The smallest absolute Gasteiger partial charge is 0.255 e. The van der Waals surface area contributed by atoms with Crippen LogP contribution < -0.4 is 16.0 Å². The highest BCUT2D eigenvalue weighted by Gasteiger charge is 2.23. The predicted molar refractivity (Wildman–Crippen MR) is 121 cm³/mol. The van der Waals surface area contributed by atoms with Crippen molar-refractivity contribution in [2.24, 2.45) is 0 Å². The number of hydrogen-bond acceptors (Lipinski definition) is 3. The molecule has 1 aliphatic carbocycles. The summed E-state index contributed by atoms with van der Waals surface area (Å²) in [4.78, 5) is 35.9. The number of hydrogen-bond donors (Lipinski definition) is 3. The Kier molecular flexibility index (Phi) is 5.80. The topological polar surface area (TPSA) is 87.3 Å². The van der Waals surface area contributed by atoms with Crippen LogP contribution in [0.4, 0.5) is 11.4 Å². The lowest BCUT2D eigenvalue weighted by atomic mass is 10.0. The Morgan fingerprint density at radius 1 is 0.710 bits per heavy atom. The van der Waals surface area contributed by atoms with E-state index in [9.17, 15) is 14.4 Å². The second kappa shape index (κ2) is 8.83. The summed E-state index contributed by atoms with van der Waals surface area (Å²) in [6.07, 6.45) is 2.11. The van der Waals surface area contributed by atoms with Gasteiger partial charge in [0, 0.05) is 35.5 Å². The van der Waals surface area contributed by atoms with E-state index in [4.69, 9.17) is 0 Å². The Balaban J connectivity index is 1.44. The summed E-state index contributed by atoms with van der Waals surface area (Å²) in [5.74, 6) is -0.425. The molecule has 1 aliphatic rings. The van der Waals surface area contributed by atoms with Gasteiger partial charge in [-0.1, -0.05) is 24.3 Å². The van der Waals surface area contributed by atoms with E-state index in [-0.39, 0.29) is 17.7 Å². The molecule has 156 valence electrons. The zero-order valence-corrected chi connectivity index (χ0v) is 17.1. The zero-order valence-electron chi connectivity index (χ0n) is 17.1. The minimum Gasteiger partial charge on any atom is -0.349 e. The molecule has 1 saturated carbocycles. The Morgan fingerprint density at radius 3 is 1.97 bits per heavy atom. The maximum absolute atomic E-state index is 12.7. The molecule has 6 heteroatoms. The Hall–Kier alpha value is -3.93. The molecule has 6 nitrogen and oxygen atoms in total. The van der Waals surface area contributed by atoms with E-state index >= 15 is 0 Å². The highest BCUT2D eigenvalue weighted by Crippen LogP contribution is 2.23. The van der Waals surface area contributed by atoms with Gasteiger partial charge in [-0.15, -0.1) is 0 Å². The summed E-state index contributed by atoms with van der Waals surface area (Å²) in [5, 5.41) is 8.53. The Labute approximate surface area is 180 Å². The van der Waals surface area contributed by atoms with Crippen LogP contribution >= 0.6 is 0 Å². The van der Waals surface area contributed by atoms with Crippen LogP contribution in [0.3, 0.4) is 0 Å². The molecule has 0 atom stereocenters. The first kappa shape index (κ1) is 20.3. The molecule has 4 rings (SSSR count). The summed E-state index contributed by atoms with van der Waals surface area (Å²) in [7, 11) is 0. The first-order valence-corrected chi connectivity index (χ1v) is 10.2. The second-order valence-electron chi connectivity index (χ2n) is 7.62. The van der Waals surface area contributed by atoms with Crippen molar-refractivity contribution in [3.8, 4) is 11.1 Å². The molecule has 3 N–H and O–H groups in total. The van der Waals surface area contributed by atoms with Crippen LogP contribution in [0, 0.1) is 0 Å². The van der Waals surface area contributed by atoms with Crippen LogP contribution in [0.1, 0.15) is 40.5 Å². The summed E-state index contributed by atoms with van der Waals surface area (Å²) in [6.45, 7) is 1.44. The molecule has 3 aromatic rings. The maximum Gasteiger partial charge on any atom is 0.255 e. The van der Waals surface area contributed by atoms with E-state index in [2.05, 4.69) is 16.0 Å². The standard InChI is InChI=1S/C25H23N3O3/c1-16(29)26-21-9-11-23(12-10-21)28-25(31)20-4-2-3-19(15-20)17-5-7-18(8-6-17)24(30)27-22-13-14-22/h2-12,15,22H,13-14H2,1H3,(H,26,29)(H,27,30)(H,28,31). The monoisotopic (exact) mass is 413 g/mol. The molecule has 3 aromatic carbocycles. The van der Waals surface area contributed by atoms with Gasteiger partial charge >= 0.3 is 0 Å². The van der Waals surface area contributed by atoms with Crippen LogP contribution in [0.5, 0.6) is 0 Å². The van der Waals surface area contributed by atoms with E-state index in [0.29, 0.717) is 28.5 Å². The van der Waals surface area contributed by atoms with Gasteiger partial charge in [-0.3, -0.25) is 14.4 Å². The largest absolute Gasteiger partial charge is 0.349 e. The van der Waals surface area contributed by atoms with Gasteiger partial charge in [0.25, 0.3) is 11.8 Å². The van der Waals surface area contributed by atoms with Crippen molar-refractivity contribution < 1.29 is 14.4 Å². The highest BCUT2D eigenvalue weighted by molar-refractivity contribution is 6.05. The lowest BCUT2D eigenvalue weighted by molar-refractivity contribution is -0.114. The maximum atomic E-state index is 12.7. The fourth-order valence-electron chi connectivity index (χ4n) is 3.19. The predicted octanol–water partition coefficient (Wildman–Crippen LogP) is 4.46. The van der Waals surface area contributed by atoms with Gasteiger partial charge < -0.3 is 16.0 Å². The first-order valence-electron chi connectivity index (χ1n) is 10.2. The van der Waals surface area contributed by atoms with Crippen molar-refractivity contribution in [3.63, 3.8) is 0 Å². The number of nitrogens with one attached hydrogen (secondary N) is 3. The van der Waals surface area contributed by atoms with Gasteiger partial charge in [0.1, 0.15) is 0 Å². The minimum absolute atomic E-state index is 0.0494. The van der Waals surface area contributed by atoms with E-state index in [1.807, 2.05) is 30.3 Å². The number of carbonyl (C=O) groups is 3. The quantitative estimate of drug-likeness (QED) is 0.558. The number of carbonyl (C=O) groups excluding carboxylic acids is 3. The van der Waals surface area contributed by atoms with Crippen LogP contribution in [0.2, 0.25) is 0 Å². The van der Waals surface area contributed by atoms with Gasteiger partial charge in [0.15, 0.2) is 0 Å². The summed E-state index contributed by atoms with van der Waals surface area (Å²) < 4.78 is 0. The first-order chi connectivity index (χ1) is 15.0. The molecule has 0 heterocycles. The molecule has 31 heavy (non-hydrogen) atoms. The fourth-order valence-corrected chi connectivity index (χ4v) is 3.19. The SMILES string of the molecule is CC(=O)Nc1ccc(NC(=O)c2cccc(-c3ccc(C(=O)NC4CC4)cc3)c2)cc1. The molecule has 3 amide bonds. The molecular weight excluding hydrogens is 390 g/mol. The van der Waals surface area contributed by atoms with E-state index in [1.54, 1.807) is 42.5 Å². The van der Waals surface area contributed by atoms with Crippen LogP contribution in [-0.4, -0.2) is 23.8 Å². The number of benzene rings is 3. The van der Waals surface area contributed by atoms with Gasteiger partial charge in [0.2, 0.25) is 5.91 Å². The lowest BCUT2D eigenvalue weighted by Crippen LogP contribution is -2.25. The minimum atomic E-state index is -0.227. The van der Waals surface area contributed by atoms with Crippen molar-refractivity contribution in [1.29, 1.82) is 0 Å². The lowest BCUT2D eigenvalue weighted by Gasteiger charge is -2.09. The summed E-state index contributed by atoms with van der Waals surface area (Å²) in [5.41, 5.74) is 4.28. The highest BCUT2D eigenvalue weighted by atomic mass is 16.2. The third-order valence-corrected chi connectivity index (χ3v) is 4.98. The second-order valence-corrected chi connectivity index (χ2v) is 7.62. The molecule has 0 saturated heterocycles. The molecule has 0 radical (unpaired) electrons. The van der Waals surface area contributed by atoms with Crippen molar-refractivity contribution in [2.45, 2.75) is 25.8 Å². The molecule has 0 unspecified atom stereocenters. The van der Waals surface area contributed by atoms with Gasteiger partial charge in [-0.05, 0) is 72.5 Å². The van der Waals surface area contributed by atoms with Crippen molar-refractivity contribution >= 4 is 29.1 Å². The van der Waals surface area contributed by atoms with E-state index in [0.717, 1.165) is 24.0 Å². The van der Waals surface area contributed by atoms with E-state index < -0.39 is 0 Å². The normalized spacial score (nSPS) is 12.7. The van der Waals surface area contributed by atoms with Crippen LogP contribution in [0.15, 0.2) is 72.8 Å². The average Bonchev–Trinajstić information content (AvgIpc) is 3.59. The van der Waals surface area contributed by atoms with Crippen molar-refractivity contribution in [1.82, 2.24) is 5.32 Å². The number of anilines is 2. The Morgan fingerprint density at radius 2 is 1.35 bits per heavy atom. The zero-order chi connectivity index (χ0) is 21.8. The van der Waals surface area contributed by atoms with E-state index in [1.165, 1.54) is 6.92 Å². The average molecular weight is 413 g/mol. The fraction of sp³-hybridized carbons (Fsp3) is 0.160. The van der Waals surface area contributed by atoms with Crippen LogP contribution in [0.25, 0.3) is 11.1 Å². The van der Waals surface area contributed by atoms with Gasteiger partial charge in [-0.25, -0.2) is 0 Å². The Bertz CT molecular complexity index is 1120. The number of rotatable bonds is 6.